The second-order valence-electron chi connectivity index (χ2n) is 3.41. The highest BCUT2D eigenvalue weighted by atomic mass is 35.5. The van der Waals surface area contributed by atoms with Gasteiger partial charge in [0.1, 0.15) is 4.87 Å². The number of unbranched alkanes of at least 4 members (excludes halogenated alkanes) is 1. The van der Waals surface area contributed by atoms with Crippen molar-refractivity contribution in [2.24, 2.45) is 5.10 Å². The summed E-state index contributed by atoms with van der Waals surface area (Å²) in [5, 5.41) is 6.29. The smallest absolute Gasteiger partial charge is 0.105 e. The highest BCUT2D eigenvalue weighted by molar-refractivity contribution is 6.37. The maximum absolute atomic E-state index is 6.16. The molecule has 0 aromatic rings. The van der Waals surface area contributed by atoms with Crippen LogP contribution in [0.2, 0.25) is 0 Å². The Morgan fingerprint density at radius 2 is 2.33 bits per heavy atom. The molecule has 1 aliphatic rings. The second-order valence-corrected chi connectivity index (χ2v) is 4.19. The number of hydrazone groups is 1. The van der Waals surface area contributed by atoms with Gasteiger partial charge in [0.2, 0.25) is 0 Å². The van der Waals surface area contributed by atoms with Crippen LogP contribution in [0.3, 0.4) is 0 Å². The molecule has 12 heavy (non-hydrogen) atoms. The zero-order valence-electron chi connectivity index (χ0n) is 7.97. The predicted molar refractivity (Wildman–Crippen MR) is 53.3 cm³/mol. The molecule has 1 aliphatic heterocycles. The molecule has 0 saturated carbocycles. The molecular formula is C9H16ClN2. The average molecular weight is 188 g/mol. The molecule has 1 radical (unpaired) electrons. The molecule has 1 unspecified atom stereocenters. The number of rotatable bonds is 3. The van der Waals surface area contributed by atoms with Gasteiger partial charge in [0.15, 0.2) is 0 Å². The Labute approximate surface area is 79.6 Å². The summed E-state index contributed by atoms with van der Waals surface area (Å²) in [6, 6.07) is 0. The number of nitrogens with zero attached hydrogens (tertiary/aromatic N) is 2. The first kappa shape index (κ1) is 9.85. The van der Waals surface area contributed by atoms with Crippen LogP contribution in [0.5, 0.6) is 0 Å². The van der Waals surface area contributed by atoms with Gasteiger partial charge in [-0.15, -0.1) is 11.6 Å². The Kier molecular flexibility index (Phi) is 2.99. The molecule has 0 amide bonds. The molecule has 0 saturated heterocycles. The Balaban J connectivity index is 2.44. The zero-order valence-corrected chi connectivity index (χ0v) is 8.73. The van der Waals surface area contributed by atoms with Gasteiger partial charge in [-0.3, -0.25) is 5.01 Å². The first-order valence-electron chi connectivity index (χ1n) is 4.43. The van der Waals surface area contributed by atoms with E-state index in [0.717, 1.165) is 12.3 Å². The molecule has 2 nitrogen and oxygen atoms in total. The minimum absolute atomic E-state index is 0.353. The SMILES string of the molecule is CCCCN1[CH]C(C)(Cl)C(C)=N1. The molecule has 1 heterocycles. The molecule has 0 fully saturated rings. The van der Waals surface area contributed by atoms with Crippen molar-refractivity contribution in [2.45, 2.75) is 38.5 Å². The highest BCUT2D eigenvalue weighted by Crippen LogP contribution is 2.28. The van der Waals surface area contributed by atoms with Crippen LogP contribution in [0.4, 0.5) is 0 Å². The summed E-state index contributed by atoms with van der Waals surface area (Å²) in [4.78, 5) is -0.353. The van der Waals surface area contributed by atoms with Gasteiger partial charge in [0, 0.05) is 6.54 Å². The monoisotopic (exact) mass is 187 g/mol. The summed E-state index contributed by atoms with van der Waals surface area (Å²) >= 11 is 6.16. The van der Waals surface area contributed by atoms with Gasteiger partial charge >= 0.3 is 0 Å². The van der Waals surface area contributed by atoms with Crippen LogP contribution in [-0.4, -0.2) is 22.1 Å². The van der Waals surface area contributed by atoms with Crippen molar-refractivity contribution < 1.29 is 0 Å². The molecule has 0 spiro atoms. The van der Waals surface area contributed by atoms with Crippen molar-refractivity contribution >= 4 is 17.3 Å². The van der Waals surface area contributed by atoms with Crippen molar-refractivity contribution in [3.63, 3.8) is 0 Å². The van der Waals surface area contributed by atoms with E-state index in [0.29, 0.717) is 0 Å². The molecule has 0 N–H and O–H groups in total. The fourth-order valence-corrected chi connectivity index (χ4v) is 1.28. The van der Waals surface area contributed by atoms with E-state index in [1.165, 1.54) is 12.8 Å². The first-order valence-corrected chi connectivity index (χ1v) is 4.81. The average Bonchev–Trinajstić information content (AvgIpc) is 2.22. The molecule has 3 heteroatoms. The summed E-state index contributed by atoms with van der Waals surface area (Å²) in [6.07, 6.45) is 2.36. The molecular weight excluding hydrogens is 172 g/mol. The molecule has 69 valence electrons. The predicted octanol–water partition coefficient (Wildman–Crippen LogP) is 2.64. The van der Waals surface area contributed by atoms with Gasteiger partial charge in [-0.2, -0.15) is 5.10 Å². The van der Waals surface area contributed by atoms with E-state index < -0.39 is 0 Å². The minimum Gasteiger partial charge on any atom is -0.290 e. The van der Waals surface area contributed by atoms with E-state index in [9.17, 15) is 0 Å². The Bertz CT molecular complexity index is 187. The summed E-state index contributed by atoms with van der Waals surface area (Å²) in [5.74, 6) is 0. The van der Waals surface area contributed by atoms with Crippen LogP contribution in [0, 0.1) is 6.54 Å². The number of hydrogen-bond acceptors (Lipinski definition) is 2. The van der Waals surface area contributed by atoms with E-state index >= 15 is 0 Å². The van der Waals surface area contributed by atoms with Gasteiger partial charge in [-0.25, -0.2) is 0 Å². The quantitative estimate of drug-likeness (QED) is 0.621. The fourth-order valence-electron chi connectivity index (χ4n) is 1.13. The first-order chi connectivity index (χ1) is 5.56. The third-order valence-corrected chi connectivity index (χ3v) is 2.49. The summed E-state index contributed by atoms with van der Waals surface area (Å²) in [5.41, 5.74) is 0.986. The van der Waals surface area contributed by atoms with Crippen LogP contribution in [0.15, 0.2) is 5.10 Å². The third kappa shape index (κ3) is 2.13. The van der Waals surface area contributed by atoms with Crippen molar-refractivity contribution in [1.29, 1.82) is 0 Å². The molecule has 1 rings (SSSR count). The van der Waals surface area contributed by atoms with Crippen LogP contribution in [0.25, 0.3) is 0 Å². The molecule has 0 aliphatic carbocycles. The van der Waals surface area contributed by atoms with Crippen LogP contribution >= 0.6 is 11.6 Å². The maximum Gasteiger partial charge on any atom is 0.105 e. The van der Waals surface area contributed by atoms with Gasteiger partial charge in [-0.1, -0.05) is 13.3 Å². The standard InChI is InChI=1S/C9H16ClN2/c1-4-5-6-12-7-9(3,10)8(2)11-12/h7H,4-6H2,1-3H3. The number of hydrogen-bond donors (Lipinski definition) is 0. The summed E-state index contributed by atoms with van der Waals surface area (Å²) < 4.78 is 0. The molecule has 0 aromatic carbocycles. The lowest BCUT2D eigenvalue weighted by Gasteiger charge is -2.17. The second kappa shape index (κ2) is 3.65. The molecule has 0 aromatic heterocycles. The number of alkyl halides is 1. The van der Waals surface area contributed by atoms with Gasteiger partial charge in [-0.05, 0) is 20.3 Å². The largest absolute Gasteiger partial charge is 0.290 e. The fraction of sp³-hybridized carbons (Fsp3) is 0.778. The lowest BCUT2D eigenvalue weighted by molar-refractivity contribution is 0.354. The van der Waals surface area contributed by atoms with Crippen molar-refractivity contribution in [1.82, 2.24) is 5.01 Å². The maximum atomic E-state index is 6.16. The summed E-state index contributed by atoms with van der Waals surface area (Å²) in [7, 11) is 0. The molecule has 0 bridgehead atoms. The van der Waals surface area contributed by atoms with E-state index in [1.807, 2.05) is 25.4 Å². The summed E-state index contributed by atoms with van der Waals surface area (Å²) in [6.45, 7) is 9.08. The third-order valence-electron chi connectivity index (χ3n) is 2.12. The number of halogens is 1. The van der Waals surface area contributed by atoms with Crippen molar-refractivity contribution in [3.8, 4) is 0 Å². The lowest BCUT2D eigenvalue weighted by atomic mass is 10.1. The van der Waals surface area contributed by atoms with Gasteiger partial charge in [0.25, 0.3) is 0 Å². The van der Waals surface area contributed by atoms with Gasteiger partial charge in [0.05, 0.1) is 12.3 Å². The highest BCUT2D eigenvalue weighted by Gasteiger charge is 2.33. The van der Waals surface area contributed by atoms with E-state index in [4.69, 9.17) is 11.6 Å². The minimum atomic E-state index is -0.353. The Hall–Kier alpha value is -0.240. The lowest BCUT2D eigenvalue weighted by Crippen LogP contribution is -2.25. The van der Waals surface area contributed by atoms with Crippen molar-refractivity contribution in [3.05, 3.63) is 6.54 Å². The van der Waals surface area contributed by atoms with E-state index in [-0.39, 0.29) is 4.87 Å². The van der Waals surface area contributed by atoms with E-state index in [1.54, 1.807) is 0 Å². The molecule has 1 atom stereocenters. The van der Waals surface area contributed by atoms with Gasteiger partial charge < -0.3 is 0 Å². The van der Waals surface area contributed by atoms with Crippen LogP contribution in [0.1, 0.15) is 33.6 Å². The topological polar surface area (TPSA) is 15.6 Å². The van der Waals surface area contributed by atoms with Crippen LogP contribution < -0.4 is 0 Å². The van der Waals surface area contributed by atoms with Crippen molar-refractivity contribution in [2.75, 3.05) is 6.54 Å². The Morgan fingerprint density at radius 3 is 2.75 bits per heavy atom. The van der Waals surface area contributed by atoms with E-state index in [2.05, 4.69) is 12.0 Å². The van der Waals surface area contributed by atoms with Crippen LogP contribution in [-0.2, 0) is 0 Å². The normalized spacial score (nSPS) is 29.3. The zero-order chi connectivity index (χ0) is 9.19. The Morgan fingerprint density at radius 1 is 1.67 bits per heavy atom.